The van der Waals surface area contributed by atoms with E-state index in [1.807, 2.05) is 0 Å². The SMILES string of the molecule is CC(C)(C)OC(=O)N1CCOCC1CC(=O)c1cncc(F)c1. The molecule has 6 nitrogen and oxygen atoms in total. The minimum atomic E-state index is -0.615. The van der Waals surface area contributed by atoms with Gasteiger partial charge in [-0.15, -0.1) is 0 Å². The molecule has 1 unspecified atom stereocenters. The predicted molar refractivity (Wildman–Crippen MR) is 80.7 cm³/mol. The largest absolute Gasteiger partial charge is 0.444 e. The Bertz CT molecular complexity index is 586. The van der Waals surface area contributed by atoms with Crippen LogP contribution in [-0.4, -0.2) is 53.2 Å². The van der Waals surface area contributed by atoms with Crippen molar-refractivity contribution >= 4 is 11.9 Å². The molecular formula is C16H21FN2O4. The van der Waals surface area contributed by atoms with E-state index in [4.69, 9.17) is 9.47 Å². The van der Waals surface area contributed by atoms with Crippen LogP contribution in [0, 0.1) is 5.82 Å². The van der Waals surface area contributed by atoms with Gasteiger partial charge in [0.15, 0.2) is 5.78 Å². The van der Waals surface area contributed by atoms with Crippen molar-refractivity contribution < 1.29 is 23.5 Å². The normalized spacial score (nSPS) is 18.6. The van der Waals surface area contributed by atoms with Crippen molar-refractivity contribution in [3.8, 4) is 0 Å². The zero-order valence-electron chi connectivity index (χ0n) is 13.5. The summed E-state index contributed by atoms with van der Waals surface area (Å²) >= 11 is 0. The Morgan fingerprint density at radius 2 is 2.17 bits per heavy atom. The molecule has 126 valence electrons. The molecule has 0 spiro atoms. The molecule has 0 saturated carbocycles. The number of nitrogens with zero attached hydrogens (tertiary/aromatic N) is 2. The lowest BCUT2D eigenvalue weighted by atomic mass is 10.0. The molecule has 2 heterocycles. The number of hydrogen-bond acceptors (Lipinski definition) is 5. The van der Waals surface area contributed by atoms with Gasteiger partial charge in [-0.2, -0.15) is 0 Å². The second-order valence-electron chi connectivity index (χ2n) is 6.42. The number of morpholine rings is 1. The summed E-state index contributed by atoms with van der Waals surface area (Å²) < 4.78 is 23.9. The van der Waals surface area contributed by atoms with Crippen LogP contribution >= 0.6 is 0 Å². The second kappa shape index (κ2) is 7.04. The van der Waals surface area contributed by atoms with Crippen LogP contribution in [0.5, 0.6) is 0 Å². The molecule has 1 aromatic heterocycles. The van der Waals surface area contributed by atoms with Crippen molar-refractivity contribution in [3.05, 3.63) is 29.8 Å². The van der Waals surface area contributed by atoms with Crippen LogP contribution in [0.15, 0.2) is 18.5 Å². The minimum Gasteiger partial charge on any atom is -0.444 e. The van der Waals surface area contributed by atoms with E-state index < -0.39 is 23.6 Å². The van der Waals surface area contributed by atoms with Gasteiger partial charge in [-0.3, -0.25) is 9.78 Å². The molecule has 0 radical (unpaired) electrons. The van der Waals surface area contributed by atoms with E-state index in [9.17, 15) is 14.0 Å². The zero-order chi connectivity index (χ0) is 17.0. The van der Waals surface area contributed by atoms with E-state index in [2.05, 4.69) is 4.98 Å². The van der Waals surface area contributed by atoms with Crippen LogP contribution in [0.25, 0.3) is 0 Å². The second-order valence-corrected chi connectivity index (χ2v) is 6.42. The fourth-order valence-electron chi connectivity index (χ4n) is 2.28. The maximum atomic E-state index is 13.2. The molecule has 2 rings (SSSR count). The predicted octanol–water partition coefficient (Wildman–Crippen LogP) is 2.43. The van der Waals surface area contributed by atoms with Gasteiger partial charge < -0.3 is 14.4 Å². The van der Waals surface area contributed by atoms with Crippen LogP contribution in [0.1, 0.15) is 37.6 Å². The Labute approximate surface area is 134 Å². The van der Waals surface area contributed by atoms with Crippen molar-refractivity contribution in [2.45, 2.75) is 38.8 Å². The highest BCUT2D eigenvalue weighted by atomic mass is 19.1. The number of pyridine rings is 1. The fourth-order valence-corrected chi connectivity index (χ4v) is 2.28. The van der Waals surface area contributed by atoms with Crippen molar-refractivity contribution in [2.75, 3.05) is 19.8 Å². The van der Waals surface area contributed by atoms with Gasteiger partial charge in [0.25, 0.3) is 0 Å². The number of Topliss-reactive ketones (excluding diaryl/α,β-unsaturated/α-hetero) is 1. The van der Waals surface area contributed by atoms with Gasteiger partial charge in [-0.05, 0) is 26.8 Å². The van der Waals surface area contributed by atoms with Crippen molar-refractivity contribution in [3.63, 3.8) is 0 Å². The smallest absolute Gasteiger partial charge is 0.410 e. The number of rotatable bonds is 3. The lowest BCUT2D eigenvalue weighted by molar-refractivity contribution is -0.0322. The van der Waals surface area contributed by atoms with Crippen LogP contribution in [0.2, 0.25) is 0 Å². The summed E-state index contributed by atoms with van der Waals surface area (Å²) in [7, 11) is 0. The maximum Gasteiger partial charge on any atom is 0.410 e. The quantitative estimate of drug-likeness (QED) is 0.799. The third-order valence-corrected chi connectivity index (χ3v) is 3.30. The molecule has 1 aliphatic heterocycles. The maximum absolute atomic E-state index is 13.2. The molecule has 0 N–H and O–H groups in total. The highest BCUT2D eigenvalue weighted by Gasteiger charge is 2.32. The molecule has 1 fully saturated rings. The van der Waals surface area contributed by atoms with Crippen LogP contribution in [0.3, 0.4) is 0 Å². The number of hydrogen-bond donors (Lipinski definition) is 0. The molecule has 0 aromatic carbocycles. The number of aromatic nitrogens is 1. The van der Waals surface area contributed by atoms with Gasteiger partial charge >= 0.3 is 6.09 Å². The first kappa shape index (κ1) is 17.3. The fraction of sp³-hybridized carbons (Fsp3) is 0.562. The average molecular weight is 324 g/mol. The monoisotopic (exact) mass is 324 g/mol. The van der Waals surface area contributed by atoms with E-state index in [-0.39, 0.29) is 24.4 Å². The van der Waals surface area contributed by atoms with E-state index in [1.165, 1.54) is 11.1 Å². The molecule has 1 saturated heterocycles. The zero-order valence-corrected chi connectivity index (χ0v) is 13.5. The molecule has 1 amide bonds. The van der Waals surface area contributed by atoms with Crippen molar-refractivity contribution in [2.24, 2.45) is 0 Å². The molecule has 1 atom stereocenters. The molecule has 7 heteroatoms. The van der Waals surface area contributed by atoms with E-state index >= 15 is 0 Å². The van der Waals surface area contributed by atoms with Crippen LogP contribution in [-0.2, 0) is 9.47 Å². The van der Waals surface area contributed by atoms with Crippen molar-refractivity contribution in [1.82, 2.24) is 9.88 Å². The molecule has 0 aliphatic carbocycles. The van der Waals surface area contributed by atoms with Gasteiger partial charge in [0.2, 0.25) is 0 Å². The summed E-state index contributed by atoms with van der Waals surface area (Å²) in [5, 5.41) is 0. The highest BCUT2D eigenvalue weighted by Crippen LogP contribution is 2.18. The topological polar surface area (TPSA) is 68.7 Å². The standard InChI is InChI=1S/C16H21FN2O4/c1-16(2,3)23-15(21)19-4-5-22-10-13(19)7-14(20)11-6-12(17)9-18-8-11/h6,8-9,13H,4-5,7,10H2,1-3H3. The summed E-state index contributed by atoms with van der Waals surface area (Å²) in [5.41, 5.74) is -0.434. The number of ketones is 1. The highest BCUT2D eigenvalue weighted by molar-refractivity contribution is 5.96. The molecule has 23 heavy (non-hydrogen) atoms. The number of halogens is 1. The Balaban J connectivity index is 2.06. The lowest BCUT2D eigenvalue weighted by Crippen LogP contribution is -2.51. The minimum absolute atomic E-state index is 0.0321. The average Bonchev–Trinajstić information content (AvgIpc) is 2.46. The molecular weight excluding hydrogens is 303 g/mol. The summed E-state index contributed by atoms with van der Waals surface area (Å²) in [6.07, 6.45) is 1.90. The van der Waals surface area contributed by atoms with Crippen LogP contribution in [0.4, 0.5) is 9.18 Å². The molecule has 1 aliphatic rings. The van der Waals surface area contributed by atoms with Gasteiger partial charge in [0.1, 0.15) is 11.4 Å². The summed E-state index contributed by atoms with van der Waals surface area (Å²) in [6, 6.07) is 0.700. The number of carbonyl (C=O) groups excluding carboxylic acids is 2. The van der Waals surface area contributed by atoms with Gasteiger partial charge in [0.05, 0.1) is 25.5 Å². The number of ether oxygens (including phenoxy) is 2. The first-order chi connectivity index (χ1) is 10.8. The van der Waals surface area contributed by atoms with E-state index in [0.717, 1.165) is 12.3 Å². The Hall–Kier alpha value is -2.02. The molecule has 1 aromatic rings. The van der Waals surface area contributed by atoms with E-state index in [1.54, 1.807) is 20.8 Å². The third-order valence-electron chi connectivity index (χ3n) is 3.30. The van der Waals surface area contributed by atoms with Crippen LogP contribution < -0.4 is 0 Å². The first-order valence-corrected chi connectivity index (χ1v) is 7.47. The van der Waals surface area contributed by atoms with E-state index in [0.29, 0.717) is 13.2 Å². The Morgan fingerprint density at radius 1 is 1.43 bits per heavy atom. The molecule has 0 bridgehead atoms. The Morgan fingerprint density at radius 3 is 2.83 bits per heavy atom. The lowest BCUT2D eigenvalue weighted by Gasteiger charge is -2.36. The van der Waals surface area contributed by atoms with Gasteiger partial charge in [-0.1, -0.05) is 0 Å². The summed E-state index contributed by atoms with van der Waals surface area (Å²) in [4.78, 5) is 29.7. The first-order valence-electron chi connectivity index (χ1n) is 7.47. The van der Waals surface area contributed by atoms with Gasteiger partial charge in [-0.25, -0.2) is 9.18 Å². The summed E-state index contributed by atoms with van der Waals surface area (Å²) in [5.74, 6) is -0.860. The third kappa shape index (κ3) is 4.99. The summed E-state index contributed by atoms with van der Waals surface area (Å²) in [6.45, 7) is 6.34. The number of amides is 1. The van der Waals surface area contributed by atoms with Gasteiger partial charge in [0, 0.05) is 24.7 Å². The number of carbonyl (C=O) groups is 2. The van der Waals surface area contributed by atoms with Crippen molar-refractivity contribution in [1.29, 1.82) is 0 Å². The Kier molecular flexibility index (Phi) is 5.30.